The molecule has 5 nitrogen and oxygen atoms in total. The molecule has 0 bridgehead atoms. The van der Waals surface area contributed by atoms with E-state index >= 15 is 0 Å². The summed E-state index contributed by atoms with van der Waals surface area (Å²) in [6.45, 7) is 4.18. The quantitative estimate of drug-likeness (QED) is 0.868. The summed E-state index contributed by atoms with van der Waals surface area (Å²) in [6, 6.07) is 6.16. The number of aryl methyl sites for hydroxylation is 2. The first kappa shape index (κ1) is 14.1. The molecule has 0 saturated heterocycles. The van der Waals surface area contributed by atoms with E-state index in [9.17, 15) is 4.79 Å². The van der Waals surface area contributed by atoms with E-state index in [1.54, 1.807) is 10.9 Å². The van der Waals surface area contributed by atoms with Crippen molar-refractivity contribution in [3.05, 3.63) is 41.3 Å². The van der Waals surface area contributed by atoms with E-state index in [-0.39, 0.29) is 5.69 Å². The number of benzene rings is 1. The Hall–Kier alpha value is -2.30. The zero-order valence-electron chi connectivity index (χ0n) is 12.0. The molecule has 5 heteroatoms. The molecule has 0 aliphatic heterocycles. The molecule has 2 rings (SSSR count). The second kappa shape index (κ2) is 5.77. The molecule has 0 spiro atoms. The molecule has 0 aliphatic carbocycles. The standard InChI is InChI=1S/C15H19N3O2/c1-4-10-7-6-8-11(5-2)13(10)18-9-17-12(14(18)16)15(19)20-3/h6-9H,4-5,16H2,1-3H3. The van der Waals surface area contributed by atoms with Crippen molar-refractivity contribution in [2.75, 3.05) is 12.8 Å². The molecule has 1 aromatic carbocycles. The van der Waals surface area contributed by atoms with Gasteiger partial charge in [0.2, 0.25) is 0 Å². The molecule has 0 aliphatic rings. The fourth-order valence-corrected chi connectivity index (χ4v) is 2.31. The molecule has 0 radical (unpaired) electrons. The topological polar surface area (TPSA) is 70.1 Å². The minimum atomic E-state index is -0.520. The Balaban J connectivity index is 2.63. The van der Waals surface area contributed by atoms with E-state index in [1.807, 2.05) is 6.07 Å². The van der Waals surface area contributed by atoms with Crippen molar-refractivity contribution >= 4 is 11.8 Å². The highest BCUT2D eigenvalue weighted by molar-refractivity contribution is 5.92. The van der Waals surface area contributed by atoms with Crippen LogP contribution in [0.15, 0.2) is 24.5 Å². The van der Waals surface area contributed by atoms with Gasteiger partial charge in [0, 0.05) is 0 Å². The Morgan fingerprint density at radius 3 is 2.40 bits per heavy atom. The van der Waals surface area contributed by atoms with Crippen LogP contribution in [0.2, 0.25) is 0 Å². The van der Waals surface area contributed by atoms with Crippen molar-refractivity contribution < 1.29 is 9.53 Å². The van der Waals surface area contributed by atoms with Crippen LogP contribution >= 0.6 is 0 Å². The summed E-state index contributed by atoms with van der Waals surface area (Å²) in [5.74, 6) is -0.208. The van der Waals surface area contributed by atoms with Crippen molar-refractivity contribution in [3.63, 3.8) is 0 Å². The Morgan fingerprint density at radius 1 is 1.30 bits per heavy atom. The largest absolute Gasteiger partial charge is 0.464 e. The summed E-state index contributed by atoms with van der Waals surface area (Å²) in [5, 5.41) is 0. The number of carbonyl (C=O) groups excluding carboxylic acids is 1. The third-order valence-electron chi connectivity index (χ3n) is 3.39. The summed E-state index contributed by atoms with van der Waals surface area (Å²) in [5.41, 5.74) is 9.57. The van der Waals surface area contributed by atoms with Gasteiger partial charge in [0.15, 0.2) is 5.69 Å². The van der Waals surface area contributed by atoms with E-state index < -0.39 is 5.97 Å². The maximum atomic E-state index is 11.6. The van der Waals surface area contributed by atoms with E-state index in [0.29, 0.717) is 5.82 Å². The molecule has 0 fully saturated rings. The van der Waals surface area contributed by atoms with E-state index in [4.69, 9.17) is 5.73 Å². The molecule has 0 atom stereocenters. The first-order valence-corrected chi connectivity index (χ1v) is 6.66. The van der Waals surface area contributed by atoms with Crippen molar-refractivity contribution in [1.82, 2.24) is 9.55 Å². The fraction of sp³-hybridized carbons (Fsp3) is 0.333. The number of para-hydroxylation sites is 1. The average molecular weight is 273 g/mol. The summed E-state index contributed by atoms with van der Waals surface area (Å²) >= 11 is 0. The normalized spacial score (nSPS) is 10.6. The molecule has 20 heavy (non-hydrogen) atoms. The maximum absolute atomic E-state index is 11.6. The van der Waals surface area contributed by atoms with E-state index in [2.05, 4.69) is 35.7 Å². The van der Waals surface area contributed by atoms with Gasteiger partial charge in [0.25, 0.3) is 0 Å². The first-order valence-electron chi connectivity index (χ1n) is 6.66. The number of rotatable bonds is 4. The number of hydrogen-bond donors (Lipinski definition) is 1. The third kappa shape index (κ3) is 2.27. The predicted octanol–water partition coefficient (Wildman–Crippen LogP) is 2.37. The van der Waals surface area contributed by atoms with Crippen LogP contribution < -0.4 is 5.73 Å². The number of ether oxygens (including phenoxy) is 1. The van der Waals surface area contributed by atoms with Crippen LogP contribution in [0.4, 0.5) is 5.82 Å². The lowest BCUT2D eigenvalue weighted by atomic mass is 10.0. The third-order valence-corrected chi connectivity index (χ3v) is 3.39. The number of nitrogens with zero attached hydrogens (tertiary/aromatic N) is 2. The number of imidazole rings is 1. The number of carbonyl (C=O) groups is 1. The number of aromatic nitrogens is 2. The van der Waals surface area contributed by atoms with Crippen LogP contribution in [0.5, 0.6) is 0 Å². The van der Waals surface area contributed by atoms with Gasteiger partial charge in [-0.1, -0.05) is 32.0 Å². The minimum Gasteiger partial charge on any atom is -0.464 e. The van der Waals surface area contributed by atoms with Crippen LogP contribution in [0.3, 0.4) is 0 Å². The lowest BCUT2D eigenvalue weighted by Gasteiger charge is -2.15. The number of anilines is 1. The van der Waals surface area contributed by atoms with Gasteiger partial charge in [0.05, 0.1) is 12.8 Å². The summed E-state index contributed by atoms with van der Waals surface area (Å²) in [4.78, 5) is 15.7. The maximum Gasteiger partial charge on any atom is 0.360 e. The smallest absolute Gasteiger partial charge is 0.360 e. The molecule has 2 N–H and O–H groups in total. The molecular weight excluding hydrogens is 254 g/mol. The fourth-order valence-electron chi connectivity index (χ4n) is 2.31. The van der Waals surface area contributed by atoms with Crippen molar-refractivity contribution in [2.24, 2.45) is 0 Å². The first-order chi connectivity index (χ1) is 9.63. The van der Waals surface area contributed by atoms with Crippen molar-refractivity contribution in [1.29, 1.82) is 0 Å². The zero-order chi connectivity index (χ0) is 14.7. The minimum absolute atomic E-state index is 0.153. The molecular formula is C15H19N3O2. The highest BCUT2D eigenvalue weighted by Crippen LogP contribution is 2.25. The highest BCUT2D eigenvalue weighted by atomic mass is 16.5. The molecule has 0 unspecified atom stereocenters. The molecule has 0 amide bonds. The van der Waals surface area contributed by atoms with Gasteiger partial charge in [-0.2, -0.15) is 0 Å². The SMILES string of the molecule is CCc1cccc(CC)c1-n1cnc(C(=O)OC)c1N. The van der Waals surface area contributed by atoms with Crippen LogP contribution in [0, 0.1) is 0 Å². The van der Waals surface area contributed by atoms with Gasteiger partial charge in [-0.3, -0.25) is 4.57 Å². The second-order valence-corrected chi connectivity index (χ2v) is 4.47. The monoisotopic (exact) mass is 273 g/mol. The zero-order valence-corrected chi connectivity index (χ0v) is 12.0. The number of methoxy groups -OCH3 is 1. The van der Waals surface area contributed by atoms with Crippen LogP contribution in [-0.4, -0.2) is 22.6 Å². The van der Waals surface area contributed by atoms with Gasteiger partial charge in [-0.05, 0) is 24.0 Å². The number of nitrogen functional groups attached to an aromatic ring is 1. The molecule has 106 valence electrons. The predicted molar refractivity (Wildman–Crippen MR) is 78.1 cm³/mol. The lowest BCUT2D eigenvalue weighted by molar-refractivity contribution is 0.0596. The summed E-state index contributed by atoms with van der Waals surface area (Å²) < 4.78 is 6.45. The van der Waals surface area contributed by atoms with Crippen LogP contribution in [0.25, 0.3) is 5.69 Å². The molecule has 0 saturated carbocycles. The van der Waals surface area contributed by atoms with E-state index in [0.717, 1.165) is 18.5 Å². The Labute approximate surface area is 118 Å². The summed E-state index contributed by atoms with van der Waals surface area (Å²) in [6.07, 6.45) is 3.35. The number of nitrogens with two attached hydrogens (primary N) is 1. The van der Waals surface area contributed by atoms with Crippen LogP contribution in [0.1, 0.15) is 35.5 Å². The van der Waals surface area contributed by atoms with Crippen molar-refractivity contribution in [3.8, 4) is 5.69 Å². The van der Waals surface area contributed by atoms with Gasteiger partial charge in [-0.15, -0.1) is 0 Å². The molecule has 1 aromatic heterocycles. The number of hydrogen-bond acceptors (Lipinski definition) is 4. The Bertz CT molecular complexity index is 610. The van der Waals surface area contributed by atoms with Gasteiger partial charge < -0.3 is 10.5 Å². The van der Waals surface area contributed by atoms with Gasteiger partial charge >= 0.3 is 5.97 Å². The van der Waals surface area contributed by atoms with Crippen LogP contribution in [-0.2, 0) is 17.6 Å². The van der Waals surface area contributed by atoms with Gasteiger partial charge in [-0.25, -0.2) is 9.78 Å². The molecule has 2 aromatic rings. The Morgan fingerprint density at radius 2 is 1.90 bits per heavy atom. The molecule has 1 heterocycles. The Kier molecular flexibility index (Phi) is 4.08. The highest BCUT2D eigenvalue weighted by Gasteiger charge is 2.19. The van der Waals surface area contributed by atoms with Gasteiger partial charge in [0.1, 0.15) is 12.1 Å². The number of esters is 1. The lowest BCUT2D eigenvalue weighted by Crippen LogP contribution is -2.09. The summed E-state index contributed by atoms with van der Waals surface area (Å²) in [7, 11) is 1.32. The van der Waals surface area contributed by atoms with Crippen molar-refractivity contribution in [2.45, 2.75) is 26.7 Å². The average Bonchev–Trinajstić information content (AvgIpc) is 2.86. The van der Waals surface area contributed by atoms with E-state index in [1.165, 1.54) is 18.2 Å². The second-order valence-electron chi connectivity index (χ2n) is 4.47.